The number of benzene rings is 3. The predicted molar refractivity (Wildman–Crippen MR) is 133 cm³/mol. The van der Waals surface area contributed by atoms with Crippen molar-refractivity contribution in [2.24, 2.45) is 0 Å². The first kappa shape index (κ1) is 27.0. The molecular weight excluding hydrogens is 521 g/mol. The zero-order valence-corrected chi connectivity index (χ0v) is 20.8. The van der Waals surface area contributed by atoms with Crippen molar-refractivity contribution < 1.29 is 36.6 Å². The summed E-state index contributed by atoms with van der Waals surface area (Å²) in [6.45, 7) is 2.00. The van der Waals surface area contributed by atoms with E-state index in [1.54, 1.807) is 6.92 Å². The number of rotatable bonds is 6. The lowest BCUT2D eigenvalue weighted by Gasteiger charge is -2.29. The maximum atomic E-state index is 14.6. The average molecular weight is 548 g/mol. The van der Waals surface area contributed by atoms with E-state index in [-0.39, 0.29) is 39.8 Å². The fourth-order valence-corrected chi connectivity index (χ4v) is 4.71. The number of carbonyl (C=O) groups is 1. The van der Waals surface area contributed by atoms with E-state index >= 15 is 0 Å². The highest BCUT2D eigenvalue weighted by atomic mass is 19.4. The van der Waals surface area contributed by atoms with Crippen molar-refractivity contribution in [2.75, 3.05) is 11.9 Å². The van der Waals surface area contributed by atoms with Gasteiger partial charge < -0.3 is 15.2 Å². The Labute approximate surface area is 221 Å². The van der Waals surface area contributed by atoms with Crippen molar-refractivity contribution in [3.63, 3.8) is 0 Å². The van der Waals surface area contributed by atoms with E-state index in [9.17, 15) is 31.9 Å². The van der Waals surface area contributed by atoms with Crippen LogP contribution in [0.5, 0.6) is 11.5 Å². The van der Waals surface area contributed by atoms with Crippen molar-refractivity contribution in [1.29, 1.82) is 0 Å². The van der Waals surface area contributed by atoms with Gasteiger partial charge >= 0.3 is 6.18 Å². The Morgan fingerprint density at radius 1 is 1.00 bits per heavy atom. The molecule has 1 aliphatic heterocycles. The molecule has 11 heteroatoms. The zero-order valence-electron chi connectivity index (χ0n) is 20.8. The van der Waals surface area contributed by atoms with E-state index in [0.29, 0.717) is 31.4 Å². The molecule has 3 aromatic carbocycles. The molecule has 1 heterocycles. The number of anilines is 1. The first-order valence-electron chi connectivity index (χ1n) is 12.5. The molecule has 2 atom stereocenters. The Kier molecular flexibility index (Phi) is 7.32. The number of aliphatic hydroxyl groups excluding tert-OH is 1. The van der Waals surface area contributed by atoms with Gasteiger partial charge in [0, 0.05) is 23.8 Å². The first-order valence-corrected chi connectivity index (χ1v) is 12.5. The molecule has 6 nitrogen and oxygen atoms in total. The van der Waals surface area contributed by atoms with Crippen LogP contribution in [0, 0.1) is 18.6 Å². The van der Waals surface area contributed by atoms with Gasteiger partial charge in [0.05, 0.1) is 11.1 Å². The summed E-state index contributed by atoms with van der Waals surface area (Å²) in [6.07, 6.45) is -4.12. The Morgan fingerprint density at radius 3 is 2.44 bits per heavy atom. The van der Waals surface area contributed by atoms with E-state index in [1.165, 1.54) is 30.3 Å². The lowest BCUT2D eigenvalue weighted by Crippen LogP contribution is -2.49. The first-order chi connectivity index (χ1) is 18.5. The SMILES string of the molecule is Cc1cc(F)ccc1Oc1cc(C2CC2)c(C(F)(F)F)cc1C(=O)Nc1ccc(F)c(C2CCNC(O)N2)c1. The van der Waals surface area contributed by atoms with Crippen LogP contribution in [0.1, 0.15) is 63.8 Å². The summed E-state index contributed by atoms with van der Waals surface area (Å²) in [5, 5.41) is 17.9. The zero-order chi connectivity index (χ0) is 27.9. The highest BCUT2D eigenvalue weighted by Gasteiger charge is 2.40. The van der Waals surface area contributed by atoms with Crippen LogP contribution < -0.4 is 20.7 Å². The molecule has 2 aliphatic rings. The van der Waals surface area contributed by atoms with Crippen molar-refractivity contribution in [2.45, 2.75) is 50.7 Å². The summed E-state index contributed by atoms with van der Waals surface area (Å²) >= 11 is 0. The lowest BCUT2D eigenvalue weighted by molar-refractivity contribution is -0.138. The van der Waals surface area contributed by atoms with Crippen LogP contribution in [0.4, 0.5) is 27.6 Å². The van der Waals surface area contributed by atoms with Crippen molar-refractivity contribution in [1.82, 2.24) is 10.6 Å². The summed E-state index contributed by atoms with van der Waals surface area (Å²) in [5.74, 6) is -2.19. The van der Waals surface area contributed by atoms with Crippen molar-refractivity contribution >= 4 is 11.6 Å². The van der Waals surface area contributed by atoms with Gasteiger partial charge in [-0.3, -0.25) is 15.4 Å². The summed E-state index contributed by atoms with van der Waals surface area (Å²) in [4.78, 5) is 13.4. The van der Waals surface area contributed by atoms with Gasteiger partial charge in [0.15, 0.2) is 6.35 Å². The molecule has 1 saturated carbocycles. The molecule has 1 saturated heterocycles. The minimum Gasteiger partial charge on any atom is -0.456 e. The van der Waals surface area contributed by atoms with Gasteiger partial charge in [0.1, 0.15) is 23.1 Å². The number of amides is 1. The second-order valence-corrected chi connectivity index (χ2v) is 9.77. The lowest BCUT2D eigenvalue weighted by atomic mass is 9.98. The third-order valence-electron chi connectivity index (χ3n) is 6.83. The second-order valence-electron chi connectivity index (χ2n) is 9.77. The third-order valence-corrected chi connectivity index (χ3v) is 6.83. The standard InChI is InChI=1S/C28H26F5N3O3/c1-14-10-16(29)4-7-24(14)39-25-13-18(15-2-3-15)21(28(31,32)33)12-20(25)26(37)35-17-5-6-22(30)19(11-17)23-8-9-34-27(38)36-23/h4-7,10-13,15,23,27,34,36,38H,2-3,8-9H2,1H3,(H,35,37). The van der Waals surface area contributed by atoms with Gasteiger partial charge in [-0.05, 0) is 91.8 Å². The molecule has 0 bridgehead atoms. The van der Waals surface area contributed by atoms with Crippen molar-refractivity contribution in [3.05, 3.63) is 88.0 Å². The number of aliphatic hydroxyl groups is 1. The highest BCUT2D eigenvalue weighted by Crippen LogP contribution is 2.48. The number of hydrogen-bond acceptors (Lipinski definition) is 5. The minimum atomic E-state index is -4.71. The molecule has 5 rings (SSSR count). The largest absolute Gasteiger partial charge is 0.456 e. The van der Waals surface area contributed by atoms with Crippen LogP contribution in [0.25, 0.3) is 0 Å². The molecule has 39 heavy (non-hydrogen) atoms. The molecular formula is C28H26F5N3O3. The van der Waals surface area contributed by atoms with Gasteiger partial charge in [-0.15, -0.1) is 0 Å². The van der Waals surface area contributed by atoms with E-state index in [4.69, 9.17) is 4.74 Å². The summed E-state index contributed by atoms with van der Waals surface area (Å²) in [7, 11) is 0. The molecule has 3 aromatic rings. The number of nitrogens with one attached hydrogen (secondary N) is 3. The number of ether oxygens (including phenoxy) is 1. The van der Waals surface area contributed by atoms with Crippen LogP contribution in [0.3, 0.4) is 0 Å². The van der Waals surface area contributed by atoms with Crippen LogP contribution in [0.15, 0.2) is 48.5 Å². The summed E-state index contributed by atoms with van der Waals surface area (Å²) < 4.78 is 76.2. The highest BCUT2D eigenvalue weighted by molar-refractivity contribution is 6.06. The molecule has 1 amide bonds. The smallest absolute Gasteiger partial charge is 0.416 e. The third kappa shape index (κ3) is 6.05. The van der Waals surface area contributed by atoms with E-state index in [1.807, 2.05) is 0 Å². The average Bonchev–Trinajstić information content (AvgIpc) is 3.71. The Hall–Kier alpha value is -3.54. The maximum absolute atomic E-state index is 14.6. The molecule has 206 valence electrons. The van der Waals surface area contributed by atoms with Gasteiger partial charge in [-0.25, -0.2) is 8.78 Å². The fourth-order valence-electron chi connectivity index (χ4n) is 4.71. The van der Waals surface area contributed by atoms with Gasteiger partial charge in [0.25, 0.3) is 5.91 Å². The molecule has 1 aliphatic carbocycles. The van der Waals surface area contributed by atoms with Crippen LogP contribution in [-0.2, 0) is 6.18 Å². The number of aryl methyl sites for hydroxylation is 1. The number of hydrogen-bond donors (Lipinski definition) is 4. The summed E-state index contributed by atoms with van der Waals surface area (Å²) in [6, 6.07) is 8.96. The topological polar surface area (TPSA) is 82.6 Å². The Balaban J connectivity index is 1.52. The molecule has 2 unspecified atom stereocenters. The number of alkyl halides is 3. The molecule has 2 fully saturated rings. The van der Waals surface area contributed by atoms with Gasteiger partial charge in [-0.2, -0.15) is 13.2 Å². The minimum absolute atomic E-state index is 0.0356. The van der Waals surface area contributed by atoms with Crippen LogP contribution >= 0.6 is 0 Å². The quantitative estimate of drug-likeness (QED) is 0.280. The molecule has 4 N–H and O–H groups in total. The van der Waals surface area contributed by atoms with Crippen LogP contribution in [-0.4, -0.2) is 23.9 Å². The monoisotopic (exact) mass is 547 g/mol. The van der Waals surface area contributed by atoms with Gasteiger partial charge in [0.2, 0.25) is 0 Å². The molecule has 0 spiro atoms. The predicted octanol–water partition coefficient (Wildman–Crippen LogP) is 6.11. The maximum Gasteiger partial charge on any atom is 0.416 e. The number of carbonyl (C=O) groups excluding carboxylic acids is 1. The van der Waals surface area contributed by atoms with Crippen LogP contribution in [0.2, 0.25) is 0 Å². The van der Waals surface area contributed by atoms with Gasteiger partial charge in [-0.1, -0.05) is 0 Å². The van der Waals surface area contributed by atoms with E-state index in [2.05, 4.69) is 16.0 Å². The normalized spacial score (nSPS) is 19.6. The van der Waals surface area contributed by atoms with E-state index in [0.717, 1.165) is 18.2 Å². The fraction of sp³-hybridized carbons (Fsp3) is 0.321. The summed E-state index contributed by atoms with van der Waals surface area (Å²) in [5.41, 5.74) is -0.535. The second kappa shape index (κ2) is 10.6. The molecule has 0 radical (unpaired) electrons. The van der Waals surface area contributed by atoms with Crippen molar-refractivity contribution in [3.8, 4) is 11.5 Å². The Morgan fingerprint density at radius 2 is 1.77 bits per heavy atom. The number of halogens is 5. The molecule has 0 aromatic heterocycles. The Bertz CT molecular complexity index is 1410. The van der Waals surface area contributed by atoms with E-state index < -0.39 is 41.7 Å².